The van der Waals surface area contributed by atoms with Crippen LogP contribution in [0.3, 0.4) is 0 Å². The smallest absolute Gasteiger partial charge is 0.281 e. The van der Waals surface area contributed by atoms with E-state index in [-0.39, 0.29) is 11.9 Å². The van der Waals surface area contributed by atoms with Crippen molar-refractivity contribution in [2.75, 3.05) is 12.4 Å². The van der Waals surface area contributed by atoms with Gasteiger partial charge in [-0.05, 0) is 43.7 Å². The van der Waals surface area contributed by atoms with Gasteiger partial charge in [0.2, 0.25) is 10.0 Å². The van der Waals surface area contributed by atoms with E-state index in [2.05, 4.69) is 4.72 Å². The molecule has 2 aromatic rings. The molecule has 25 heavy (non-hydrogen) atoms. The van der Waals surface area contributed by atoms with Crippen molar-refractivity contribution >= 4 is 26.8 Å². The van der Waals surface area contributed by atoms with E-state index in [0.29, 0.717) is 18.2 Å². The van der Waals surface area contributed by atoms with Crippen molar-refractivity contribution in [1.29, 1.82) is 0 Å². The minimum atomic E-state index is -3.72. The van der Waals surface area contributed by atoms with Crippen LogP contribution in [0.5, 0.6) is 0 Å². The summed E-state index contributed by atoms with van der Waals surface area (Å²) in [6, 6.07) is 9.53. The number of carbonyl (C=O) groups excluding carboxylic acids is 1. The number of nitrogens with one attached hydrogen (secondary N) is 1. The molecule has 6 nitrogen and oxygen atoms in total. The van der Waals surface area contributed by atoms with Crippen LogP contribution in [-0.2, 0) is 21.3 Å². The molecule has 1 amide bonds. The van der Waals surface area contributed by atoms with Crippen LogP contribution in [0.15, 0.2) is 30.3 Å². The molecule has 1 aromatic heterocycles. The number of aromatic nitrogens is 1. The minimum absolute atomic E-state index is 0.165. The van der Waals surface area contributed by atoms with E-state index in [0.717, 1.165) is 43.1 Å². The first-order valence-electron chi connectivity index (χ1n) is 8.76. The number of benzene rings is 1. The van der Waals surface area contributed by atoms with Gasteiger partial charge in [0.15, 0.2) is 0 Å². The second-order valence-electron chi connectivity index (χ2n) is 6.99. The molecule has 4 rings (SSSR count). The maximum absolute atomic E-state index is 12.7. The highest BCUT2D eigenvalue weighted by atomic mass is 32.2. The Morgan fingerprint density at radius 1 is 1.24 bits per heavy atom. The number of amides is 1. The number of rotatable bonds is 6. The predicted octanol–water partition coefficient (Wildman–Crippen LogP) is 2.29. The molecule has 134 valence electrons. The van der Waals surface area contributed by atoms with Gasteiger partial charge in [0.05, 0.1) is 11.9 Å². The lowest BCUT2D eigenvalue weighted by Gasteiger charge is -2.13. The summed E-state index contributed by atoms with van der Waals surface area (Å²) in [7, 11) is -3.72. The summed E-state index contributed by atoms with van der Waals surface area (Å²) < 4.78 is 34.2. The molecular weight excluding hydrogens is 340 g/mol. The van der Waals surface area contributed by atoms with Crippen molar-refractivity contribution in [3.05, 3.63) is 36.0 Å². The lowest BCUT2D eigenvalue weighted by atomic mass is 10.2. The molecule has 2 fully saturated rings. The van der Waals surface area contributed by atoms with Crippen molar-refractivity contribution < 1.29 is 17.9 Å². The summed E-state index contributed by atoms with van der Waals surface area (Å²) in [5.74, 6) is -0.151. The van der Waals surface area contributed by atoms with E-state index < -0.39 is 15.9 Å². The molecule has 2 heterocycles. The SMILES string of the molecule is O=C(NS(=O)(=O)CC1CCCO1)c1cc2ccccc2n1CC1CC1. The van der Waals surface area contributed by atoms with Gasteiger partial charge in [-0.3, -0.25) is 4.79 Å². The van der Waals surface area contributed by atoms with Gasteiger partial charge in [0, 0.05) is 24.1 Å². The average Bonchev–Trinajstić information content (AvgIpc) is 3.10. The summed E-state index contributed by atoms with van der Waals surface area (Å²) in [6.07, 6.45) is 3.58. The van der Waals surface area contributed by atoms with Gasteiger partial charge in [0.25, 0.3) is 5.91 Å². The molecule has 1 saturated carbocycles. The number of ether oxygens (including phenoxy) is 1. The van der Waals surface area contributed by atoms with Gasteiger partial charge in [-0.1, -0.05) is 18.2 Å². The van der Waals surface area contributed by atoms with E-state index in [1.54, 1.807) is 6.07 Å². The summed E-state index contributed by atoms with van der Waals surface area (Å²) in [5.41, 5.74) is 1.38. The zero-order valence-electron chi connectivity index (χ0n) is 14.0. The number of fused-ring (bicyclic) bond motifs is 1. The fourth-order valence-corrected chi connectivity index (χ4v) is 4.63. The third-order valence-electron chi connectivity index (χ3n) is 4.86. The highest BCUT2D eigenvalue weighted by Crippen LogP contribution is 2.33. The number of hydrogen-bond donors (Lipinski definition) is 1. The normalized spacial score (nSPS) is 20.9. The van der Waals surface area contributed by atoms with Gasteiger partial charge < -0.3 is 9.30 Å². The lowest BCUT2D eigenvalue weighted by molar-refractivity contribution is 0.0971. The third-order valence-corrected chi connectivity index (χ3v) is 6.17. The number of sulfonamides is 1. The van der Waals surface area contributed by atoms with Gasteiger partial charge in [-0.2, -0.15) is 0 Å². The highest BCUT2D eigenvalue weighted by molar-refractivity contribution is 7.90. The molecule has 2 aliphatic rings. The van der Waals surface area contributed by atoms with Crippen molar-refractivity contribution in [2.45, 2.75) is 38.3 Å². The van der Waals surface area contributed by atoms with Crippen molar-refractivity contribution in [2.24, 2.45) is 5.92 Å². The molecule has 1 N–H and O–H groups in total. The Morgan fingerprint density at radius 3 is 2.76 bits per heavy atom. The third kappa shape index (κ3) is 3.72. The van der Waals surface area contributed by atoms with Crippen LogP contribution in [0, 0.1) is 5.92 Å². The number of hydrogen-bond acceptors (Lipinski definition) is 4. The monoisotopic (exact) mass is 362 g/mol. The fourth-order valence-electron chi connectivity index (χ4n) is 3.41. The van der Waals surface area contributed by atoms with Crippen LogP contribution in [0.1, 0.15) is 36.2 Å². The van der Waals surface area contributed by atoms with Gasteiger partial charge in [-0.15, -0.1) is 0 Å². The molecule has 1 aliphatic carbocycles. The van der Waals surface area contributed by atoms with Crippen LogP contribution < -0.4 is 4.72 Å². The van der Waals surface area contributed by atoms with Gasteiger partial charge >= 0.3 is 0 Å². The van der Waals surface area contributed by atoms with Crippen LogP contribution in [-0.4, -0.2) is 37.4 Å². The first kappa shape index (κ1) is 16.6. The largest absolute Gasteiger partial charge is 0.377 e. The van der Waals surface area contributed by atoms with E-state index >= 15 is 0 Å². The molecule has 1 aliphatic heterocycles. The Bertz CT molecular complexity index is 893. The van der Waals surface area contributed by atoms with E-state index in [1.807, 2.05) is 28.8 Å². The molecule has 1 atom stereocenters. The fraction of sp³-hybridized carbons (Fsp3) is 0.500. The number of carbonyl (C=O) groups is 1. The van der Waals surface area contributed by atoms with Crippen LogP contribution in [0.2, 0.25) is 0 Å². The Hall–Kier alpha value is -1.86. The van der Waals surface area contributed by atoms with E-state index in [9.17, 15) is 13.2 Å². The Labute approximate surface area is 147 Å². The van der Waals surface area contributed by atoms with Crippen molar-refractivity contribution in [3.8, 4) is 0 Å². The zero-order chi connectivity index (χ0) is 17.4. The second kappa shape index (κ2) is 6.46. The van der Waals surface area contributed by atoms with E-state index in [1.165, 1.54) is 0 Å². The Morgan fingerprint density at radius 2 is 2.04 bits per heavy atom. The zero-order valence-corrected chi connectivity index (χ0v) is 14.8. The first-order valence-corrected chi connectivity index (χ1v) is 10.4. The molecule has 0 spiro atoms. The molecule has 1 saturated heterocycles. The highest BCUT2D eigenvalue weighted by Gasteiger charge is 2.28. The Balaban J connectivity index is 1.58. The molecule has 7 heteroatoms. The molecule has 1 unspecified atom stereocenters. The number of para-hydroxylation sites is 1. The van der Waals surface area contributed by atoms with Crippen LogP contribution >= 0.6 is 0 Å². The maximum Gasteiger partial charge on any atom is 0.281 e. The van der Waals surface area contributed by atoms with Gasteiger partial charge in [-0.25, -0.2) is 13.1 Å². The predicted molar refractivity (Wildman–Crippen MR) is 94.9 cm³/mol. The average molecular weight is 362 g/mol. The molecule has 0 bridgehead atoms. The first-order chi connectivity index (χ1) is 12.0. The van der Waals surface area contributed by atoms with E-state index in [4.69, 9.17) is 4.74 Å². The second-order valence-corrected chi connectivity index (χ2v) is 8.76. The Kier molecular flexibility index (Phi) is 4.29. The topological polar surface area (TPSA) is 77.4 Å². The molecule has 1 aromatic carbocycles. The molecule has 0 radical (unpaired) electrons. The summed E-state index contributed by atoms with van der Waals surface area (Å²) in [4.78, 5) is 12.7. The maximum atomic E-state index is 12.7. The van der Waals surface area contributed by atoms with Crippen LogP contribution in [0.25, 0.3) is 10.9 Å². The van der Waals surface area contributed by atoms with Crippen LogP contribution in [0.4, 0.5) is 0 Å². The van der Waals surface area contributed by atoms with Gasteiger partial charge in [0.1, 0.15) is 5.69 Å². The number of nitrogens with zero attached hydrogens (tertiary/aromatic N) is 1. The minimum Gasteiger partial charge on any atom is -0.377 e. The lowest BCUT2D eigenvalue weighted by Crippen LogP contribution is -2.37. The summed E-state index contributed by atoms with van der Waals surface area (Å²) >= 11 is 0. The quantitative estimate of drug-likeness (QED) is 0.855. The van der Waals surface area contributed by atoms with Crippen molar-refractivity contribution in [1.82, 2.24) is 9.29 Å². The molecular formula is C18H22N2O4S. The summed E-state index contributed by atoms with van der Waals surface area (Å²) in [6.45, 7) is 1.34. The standard InChI is InChI=1S/C18H22N2O4S/c21-18(19-25(22,23)12-15-5-3-9-24-15)17-10-14-4-1-2-6-16(14)20(17)11-13-7-8-13/h1-2,4,6,10,13,15H,3,5,7-9,11-12H2,(H,19,21). The van der Waals surface area contributed by atoms with Crippen molar-refractivity contribution in [3.63, 3.8) is 0 Å². The summed E-state index contributed by atoms with van der Waals surface area (Å²) in [5, 5.41) is 0.949.